The van der Waals surface area contributed by atoms with Crippen LogP contribution in [-0.2, 0) is 11.2 Å². The standard InChI is InChI=1S/C18H30N6O2/c1-13-16(14(2)26-22-13)6-7-20-18(19-3)24-10-8-23(9-11-24)12-17(25)21-15-4-5-15/h15H,4-12H2,1-3H3,(H,19,20)(H,21,25). The summed E-state index contributed by atoms with van der Waals surface area (Å²) in [5.41, 5.74) is 2.12. The van der Waals surface area contributed by atoms with Crippen molar-refractivity contribution in [3.8, 4) is 0 Å². The Morgan fingerprint density at radius 1 is 1.27 bits per heavy atom. The number of aliphatic imine (C=N–C) groups is 1. The molecule has 1 aromatic rings. The molecule has 1 amide bonds. The van der Waals surface area contributed by atoms with E-state index in [2.05, 4.69) is 30.6 Å². The predicted molar refractivity (Wildman–Crippen MR) is 100 cm³/mol. The maximum Gasteiger partial charge on any atom is 0.234 e. The van der Waals surface area contributed by atoms with Gasteiger partial charge in [-0.15, -0.1) is 0 Å². The lowest BCUT2D eigenvalue weighted by atomic mass is 10.1. The number of nitrogens with one attached hydrogen (secondary N) is 2. The van der Waals surface area contributed by atoms with Gasteiger partial charge >= 0.3 is 0 Å². The van der Waals surface area contributed by atoms with Gasteiger partial charge in [-0.1, -0.05) is 5.16 Å². The SMILES string of the molecule is CN=C(NCCc1c(C)noc1C)N1CCN(CC(=O)NC2CC2)CC1. The van der Waals surface area contributed by atoms with Crippen LogP contribution in [0.4, 0.5) is 0 Å². The number of rotatable bonds is 6. The van der Waals surface area contributed by atoms with Crippen LogP contribution < -0.4 is 10.6 Å². The first-order chi connectivity index (χ1) is 12.6. The Balaban J connectivity index is 1.39. The zero-order valence-corrected chi connectivity index (χ0v) is 16.0. The van der Waals surface area contributed by atoms with Crippen LogP contribution in [0.3, 0.4) is 0 Å². The number of nitrogens with zero attached hydrogens (tertiary/aromatic N) is 4. The molecule has 0 aromatic carbocycles. The van der Waals surface area contributed by atoms with Gasteiger partial charge in [-0.3, -0.25) is 14.7 Å². The highest BCUT2D eigenvalue weighted by molar-refractivity contribution is 5.80. The Kier molecular flexibility index (Phi) is 6.13. The van der Waals surface area contributed by atoms with Crippen molar-refractivity contribution in [3.63, 3.8) is 0 Å². The lowest BCUT2D eigenvalue weighted by Crippen LogP contribution is -2.54. The summed E-state index contributed by atoms with van der Waals surface area (Å²) >= 11 is 0. The number of piperazine rings is 1. The van der Waals surface area contributed by atoms with Gasteiger partial charge in [0.2, 0.25) is 5.91 Å². The van der Waals surface area contributed by atoms with Gasteiger partial charge in [0.15, 0.2) is 5.96 Å². The maximum absolute atomic E-state index is 11.9. The second kappa shape index (κ2) is 8.53. The van der Waals surface area contributed by atoms with E-state index < -0.39 is 0 Å². The quantitative estimate of drug-likeness (QED) is 0.559. The van der Waals surface area contributed by atoms with Crippen molar-refractivity contribution in [2.45, 2.75) is 39.2 Å². The van der Waals surface area contributed by atoms with E-state index in [1.165, 1.54) is 5.56 Å². The largest absolute Gasteiger partial charge is 0.361 e. The van der Waals surface area contributed by atoms with Crippen molar-refractivity contribution in [1.29, 1.82) is 0 Å². The molecule has 0 spiro atoms. The molecule has 0 atom stereocenters. The first kappa shape index (κ1) is 18.7. The van der Waals surface area contributed by atoms with E-state index in [0.29, 0.717) is 12.6 Å². The first-order valence-electron chi connectivity index (χ1n) is 9.46. The lowest BCUT2D eigenvalue weighted by Gasteiger charge is -2.36. The highest BCUT2D eigenvalue weighted by Crippen LogP contribution is 2.18. The van der Waals surface area contributed by atoms with E-state index in [9.17, 15) is 4.79 Å². The van der Waals surface area contributed by atoms with E-state index in [4.69, 9.17) is 4.52 Å². The summed E-state index contributed by atoms with van der Waals surface area (Å²) < 4.78 is 5.21. The van der Waals surface area contributed by atoms with Crippen molar-refractivity contribution in [2.75, 3.05) is 46.3 Å². The second-order valence-electron chi connectivity index (χ2n) is 7.13. The van der Waals surface area contributed by atoms with E-state index >= 15 is 0 Å². The molecule has 3 rings (SSSR count). The minimum absolute atomic E-state index is 0.155. The number of aryl methyl sites for hydroxylation is 2. The molecule has 144 valence electrons. The van der Waals surface area contributed by atoms with E-state index in [1.54, 1.807) is 0 Å². The smallest absolute Gasteiger partial charge is 0.234 e. The van der Waals surface area contributed by atoms with Gasteiger partial charge < -0.3 is 20.1 Å². The molecule has 2 aliphatic rings. The minimum Gasteiger partial charge on any atom is -0.361 e. The molecule has 8 heteroatoms. The molecule has 0 bridgehead atoms. The average molecular weight is 362 g/mol. The van der Waals surface area contributed by atoms with Crippen LogP contribution in [0.1, 0.15) is 29.9 Å². The van der Waals surface area contributed by atoms with Gasteiger partial charge in [-0.05, 0) is 33.1 Å². The van der Waals surface area contributed by atoms with E-state index in [-0.39, 0.29) is 5.91 Å². The van der Waals surface area contributed by atoms with Gasteiger partial charge in [-0.25, -0.2) is 0 Å². The van der Waals surface area contributed by atoms with Crippen LogP contribution in [-0.4, -0.2) is 79.2 Å². The predicted octanol–water partition coefficient (Wildman–Crippen LogP) is 0.306. The molecule has 8 nitrogen and oxygen atoms in total. The van der Waals surface area contributed by atoms with Crippen molar-refractivity contribution >= 4 is 11.9 Å². The van der Waals surface area contributed by atoms with Gasteiger partial charge in [-0.2, -0.15) is 0 Å². The molecule has 26 heavy (non-hydrogen) atoms. The molecule has 0 radical (unpaired) electrons. The number of carbonyl (C=O) groups excluding carboxylic acids is 1. The van der Waals surface area contributed by atoms with Crippen LogP contribution in [0.2, 0.25) is 0 Å². The molecule has 1 aliphatic carbocycles. The third-order valence-corrected chi connectivity index (χ3v) is 5.03. The molecule has 2 heterocycles. The first-order valence-corrected chi connectivity index (χ1v) is 9.46. The number of hydrogen-bond acceptors (Lipinski definition) is 5. The Hall–Kier alpha value is -2.09. The van der Waals surface area contributed by atoms with Crippen molar-refractivity contribution in [3.05, 3.63) is 17.0 Å². The van der Waals surface area contributed by atoms with Crippen LogP contribution in [0.5, 0.6) is 0 Å². The molecule has 1 aromatic heterocycles. The monoisotopic (exact) mass is 362 g/mol. The fourth-order valence-electron chi connectivity index (χ4n) is 3.31. The highest BCUT2D eigenvalue weighted by Gasteiger charge is 2.25. The van der Waals surface area contributed by atoms with Crippen molar-refractivity contribution in [1.82, 2.24) is 25.6 Å². The summed E-state index contributed by atoms with van der Waals surface area (Å²) in [4.78, 5) is 20.8. The summed E-state index contributed by atoms with van der Waals surface area (Å²) in [6.45, 7) is 8.72. The fraction of sp³-hybridized carbons (Fsp3) is 0.722. The van der Waals surface area contributed by atoms with E-state index in [0.717, 1.165) is 69.4 Å². The third kappa shape index (κ3) is 4.97. The van der Waals surface area contributed by atoms with Crippen molar-refractivity contribution < 1.29 is 9.32 Å². The molecule has 1 saturated heterocycles. The Morgan fingerprint density at radius 2 is 2.00 bits per heavy atom. The van der Waals surface area contributed by atoms with Gasteiger partial charge in [0.25, 0.3) is 0 Å². The van der Waals surface area contributed by atoms with Crippen LogP contribution >= 0.6 is 0 Å². The van der Waals surface area contributed by atoms with E-state index in [1.807, 2.05) is 20.9 Å². The Bertz CT molecular complexity index is 625. The molecule has 1 saturated carbocycles. The number of carbonyl (C=O) groups is 1. The summed E-state index contributed by atoms with van der Waals surface area (Å²) in [6, 6.07) is 0.435. The molecule has 2 fully saturated rings. The number of aromatic nitrogens is 1. The maximum atomic E-state index is 11.9. The fourth-order valence-corrected chi connectivity index (χ4v) is 3.31. The molecular formula is C18H30N6O2. The summed E-state index contributed by atoms with van der Waals surface area (Å²) in [6.07, 6.45) is 3.13. The molecular weight excluding hydrogens is 332 g/mol. The zero-order valence-electron chi connectivity index (χ0n) is 16.0. The third-order valence-electron chi connectivity index (χ3n) is 5.03. The summed E-state index contributed by atoms with van der Waals surface area (Å²) in [5.74, 6) is 1.96. The highest BCUT2D eigenvalue weighted by atomic mass is 16.5. The lowest BCUT2D eigenvalue weighted by molar-refractivity contribution is -0.122. The normalized spacial score (nSPS) is 18.9. The van der Waals surface area contributed by atoms with Gasteiger partial charge in [0.1, 0.15) is 5.76 Å². The van der Waals surface area contributed by atoms with Crippen LogP contribution in [0, 0.1) is 13.8 Å². The summed E-state index contributed by atoms with van der Waals surface area (Å²) in [7, 11) is 1.81. The molecule has 1 aliphatic heterocycles. The molecule has 0 unspecified atom stereocenters. The minimum atomic E-state index is 0.155. The van der Waals surface area contributed by atoms with Gasteiger partial charge in [0, 0.05) is 51.4 Å². The number of amides is 1. The number of hydrogen-bond donors (Lipinski definition) is 2. The summed E-state index contributed by atoms with van der Waals surface area (Å²) in [5, 5.41) is 10.5. The number of guanidine groups is 1. The Labute approximate surface area is 155 Å². The average Bonchev–Trinajstić information content (AvgIpc) is 3.38. The van der Waals surface area contributed by atoms with Crippen molar-refractivity contribution in [2.24, 2.45) is 4.99 Å². The van der Waals surface area contributed by atoms with Crippen LogP contribution in [0.25, 0.3) is 0 Å². The zero-order chi connectivity index (χ0) is 18.5. The van der Waals surface area contributed by atoms with Gasteiger partial charge in [0.05, 0.1) is 12.2 Å². The topological polar surface area (TPSA) is 86.0 Å². The Morgan fingerprint density at radius 3 is 2.58 bits per heavy atom. The molecule has 2 N–H and O–H groups in total. The second-order valence-corrected chi connectivity index (χ2v) is 7.13. The van der Waals surface area contributed by atoms with Crippen LogP contribution in [0.15, 0.2) is 9.52 Å².